The number of rotatable bonds is 4. The van der Waals surface area contributed by atoms with Gasteiger partial charge in [0.2, 0.25) is 0 Å². The Kier molecular flexibility index (Phi) is 4.73. The lowest BCUT2D eigenvalue weighted by Gasteiger charge is -2.33. The van der Waals surface area contributed by atoms with Gasteiger partial charge in [-0.1, -0.05) is 23.2 Å². The number of urea groups is 1. The van der Waals surface area contributed by atoms with E-state index in [4.69, 9.17) is 28.3 Å². The zero-order chi connectivity index (χ0) is 14.7. The molecule has 0 radical (unpaired) electrons. The monoisotopic (exact) mass is 316 g/mol. The summed E-state index contributed by atoms with van der Waals surface area (Å²) in [7, 11) is 0. The normalized spacial score (nSPS) is 18.8. The zero-order valence-electron chi connectivity index (χ0n) is 10.6. The van der Waals surface area contributed by atoms with Crippen molar-refractivity contribution in [1.82, 2.24) is 10.2 Å². The second kappa shape index (κ2) is 6.33. The van der Waals surface area contributed by atoms with Crippen LogP contribution in [0.15, 0.2) is 18.2 Å². The van der Waals surface area contributed by atoms with Crippen LogP contribution < -0.4 is 5.32 Å². The van der Waals surface area contributed by atoms with Crippen molar-refractivity contribution in [3.05, 3.63) is 33.8 Å². The van der Waals surface area contributed by atoms with Gasteiger partial charge in [-0.05, 0) is 23.8 Å². The molecule has 1 heterocycles. The van der Waals surface area contributed by atoms with Crippen LogP contribution in [0.1, 0.15) is 12.0 Å². The topological polar surface area (TPSA) is 69.6 Å². The fourth-order valence-corrected chi connectivity index (χ4v) is 2.56. The van der Waals surface area contributed by atoms with Gasteiger partial charge in [0.05, 0.1) is 6.42 Å². The molecule has 1 aromatic rings. The summed E-state index contributed by atoms with van der Waals surface area (Å²) >= 11 is 12.0. The van der Waals surface area contributed by atoms with E-state index in [0.29, 0.717) is 29.7 Å². The van der Waals surface area contributed by atoms with E-state index in [9.17, 15) is 9.59 Å². The maximum atomic E-state index is 11.8. The van der Waals surface area contributed by atoms with E-state index in [2.05, 4.69) is 5.32 Å². The molecular formula is C13H14Cl2N2O3. The van der Waals surface area contributed by atoms with Crippen molar-refractivity contribution in [1.29, 1.82) is 0 Å². The van der Waals surface area contributed by atoms with Gasteiger partial charge in [-0.3, -0.25) is 4.79 Å². The van der Waals surface area contributed by atoms with Gasteiger partial charge in [-0.15, -0.1) is 0 Å². The van der Waals surface area contributed by atoms with E-state index >= 15 is 0 Å². The number of benzene rings is 1. The quantitative estimate of drug-likeness (QED) is 0.897. The van der Waals surface area contributed by atoms with Crippen molar-refractivity contribution < 1.29 is 14.7 Å². The molecule has 2 rings (SSSR count). The van der Waals surface area contributed by atoms with Crippen LogP contribution >= 0.6 is 23.2 Å². The third-order valence-corrected chi connectivity index (χ3v) is 3.74. The summed E-state index contributed by atoms with van der Waals surface area (Å²) in [4.78, 5) is 24.1. The second-order valence-corrected chi connectivity index (χ2v) is 5.61. The van der Waals surface area contributed by atoms with Crippen LogP contribution in [-0.4, -0.2) is 35.1 Å². The van der Waals surface area contributed by atoms with E-state index < -0.39 is 5.97 Å². The zero-order valence-corrected chi connectivity index (χ0v) is 12.1. The molecule has 1 atom stereocenters. The Labute approximate surface area is 126 Å². The highest BCUT2D eigenvalue weighted by Gasteiger charge is 2.27. The molecule has 0 bridgehead atoms. The molecule has 0 spiro atoms. The van der Waals surface area contributed by atoms with Gasteiger partial charge in [-0.2, -0.15) is 0 Å². The van der Waals surface area contributed by atoms with Crippen molar-refractivity contribution in [3.63, 3.8) is 0 Å². The molecule has 0 aliphatic carbocycles. The summed E-state index contributed by atoms with van der Waals surface area (Å²) in [5, 5.41) is 12.6. The first-order valence-corrected chi connectivity index (χ1v) is 6.90. The average Bonchev–Trinajstić information content (AvgIpc) is 2.37. The number of carboxylic acids is 1. The van der Waals surface area contributed by atoms with Gasteiger partial charge in [0.1, 0.15) is 0 Å². The Morgan fingerprint density at radius 2 is 2.20 bits per heavy atom. The third kappa shape index (κ3) is 3.77. The molecule has 1 aliphatic rings. The van der Waals surface area contributed by atoms with Crippen LogP contribution in [0, 0.1) is 5.92 Å². The highest BCUT2D eigenvalue weighted by Crippen LogP contribution is 2.23. The number of carbonyl (C=O) groups excluding carboxylic acids is 1. The first kappa shape index (κ1) is 14.9. The summed E-state index contributed by atoms with van der Waals surface area (Å²) in [6.45, 7) is 1.08. The highest BCUT2D eigenvalue weighted by atomic mass is 35.5. The molecule has 1 unspecified atom stereocenters. The van der Waals surface area contributed by atoms with E-state index in [0.717, 1.165) is 5.56 Å². The van der Waals surface area contributed by atoms with Crippen molar-refractivity contribution in [3.8, 4) is 0 Å². The molecule has 108 valence electrons. The second-order valence-electron chi connectivity index (χ2n) is 4.77. The summed E-state index contributed by atoms with van der Waals surface area (Å²) in [6, 6.07) is 4.84. The van der Waals surface area contributed by atoms with E-state index in [-0.39, 0.29) is 18.4 Å². The molecule has 2 N–H and O–H groups in total. The first-order chi connectivity index (χ1) is 9.45. The average molecular weight is 317 g/mol. The van der Waals surface area contributed by atoms with Crippen LogP contribution in [0.4, 0.5) is 4.79 Å². The summed E-state index contributed by atoms with van der Waals surface area (Å²) in [6.07, 6.45) is 0.0278. The number of carboxylic acid groups (broad SMARTS) is 1. The van der Waals surface area contributed by atoms with Gasteiger partial charge in [-0.25, -0.2) is 4.79 Å². The van der Waals surface area contributed by atoms with Crippen molar-refractivity contribution >= 4 is 35.2 Å². The van der Waals surface area contributed by atoms with Gasteiger partial charge in [0, 0.05) is 35.6 Å². The van der Waals surface area contributed by atoms with Crippen molar-refractivity contribution in [2.45, 2.75) is 13.0 Å². The van der Waals surface area contributed by atoms with Crippen LogP contribution in [0.2, 0.25) is 10.0 Å². The van der Waals surface area contributed by atoms with Gasteiger partial charge < -0.3 is 15.3 Å². The SMILES string of the molecule is O=C(O)CC1CNC(=O)N(Cc2cc(Cl)ccc2Cl)C1. The fraction of sp³-hybridized carbons (Fsp3) is 0.385. The molecule has 7 heteroatoms. The molecule has 1 fully saturated rings. The summed E-state index contributed by atoms with van der Waals surface area (Å²) in [5.74, 6) is -0.977. The Morgan fingerprint density at radius 3 is 2.90 bits per heavy atom. The Morgan fingerprint density at radius 1 is 1.45 bits per heavy atom. The summed E-state index contributed by atoms with van der Waals surface area (Å²) in [5.41, 5.74) is 0.741. The van der Waals surface area contributed by atoms with Crippen LogP contribution in [0.5, 0.6) is 0 Å². The maximum Gasteiger partial charge on any atom is 0.317 e. The standard InChI is InChI=1S/C13H14Cl2N2O3/c14-10-1-2-11(15)9(4-10)7-17-6-8(3-12(18)19)5-16-13(17)20/h1-2,4,8H,3,5-7H2,(H,16,20)(H,18,19). The van der Waals surface area contributed by atoms with Gasteiger partial charge >= 0.3 is 12.0 Å². The van der Waals surface area contributed by atoms with Crippen LogP contribution in [0.25, 0.3) is 0 Å². The lowest BCUT2D eigenvalue weighted by molar-refractivity contribution is -0.138. The number of aliphatic carboxylic acids is 1. The molecule has 0 saturated carbocycles. The number of hydrogen-bond donors (Lipinski definition) is 2. The first-order valence-electron chi connectivity index (χ1n) is 6.14. The predicted octanol–water partition coefficient (Wildman–Crippen LogP) is 2.61. The van der Waals surface area contributed by atoms with E-state index in [1.807, 2.05) is 0 Å². The number of nitrogens with one attached hydrogen (secondary N) is 1. The van der Waals surface area contributed by atoms with Crippen LogP contribution in [0.3, 0.4) is 0 Å². The molecule has 2 amide bonds. The summed E-state index contributed by atoms with van der Waals surface area (Å²) < 4.78 is 0. The molecule has 0 aromatic heterocycles. The van der Waals surface area contributed by atoms with Crippen molar-refractivity contribution in [2.75, 3.05) is 13.1 Å². The largest absolute Gasteiger partial charge is 0.481 e. The molecule has 5 nitrogen and oxygen atoms in total. The Hall–Kier alpha value is -1.46. The third-order valence-electron chi connectivity index (χ3n) is 3.14. The number of hydrogen-bond acceptors (Lipinski definition) is 2. The fourth-order valence-electron chi connectivity index (χ4n) is 2.19. The minimum absolute atomic E-state index is 0.0278. The highest BCUT2D eigenvalue weighted by molar-refractivity contribution is 6.33. The van der Waals surface area contributed by atoms with Crippen molar-refractivity contribution in [2.24, 2.45) is 5.92 Å². The number of nitrogens with zero attached hydrogens (tertiary/aromatic N) is 1. The lowest BCUT2D eigenvalue weighted by Crippen LogP contribution is -2.51. The Balaban J connectivity index is 2.08. The van der Waals surface area contributed by atoms with Crippen LogP contribution in [-0.2, 0) is 11.3 Å². The number of carbonyl (C=O) groups is 2. The van der Waals surface area contributed by atoms with Gasteiger partial charge in [0.15, 0.2) is 0 Å². The van der Waals surface area contributed by atoms with E-state index in [1.165, 1.54) is 0 Å². The number of amides is 2. The molecule has 20 heavy (non-hydrogen) atoms. The number of halogens is 2. The molecular weight excluding hydrogens is 303 g/mol. The molecule has 1 aliphatic heterocycles. The smallest absolute Gasteiger partial charge is 0.317 e. The Bertz CT molecular complexity index is 536. The minimum atomic E-state index is -0.869. The van der Waals surface area contributed by atoms with E-state index in [1.54, 1.807) is 23.1 Å². The molecule has 1 saturated heterocycles. The lowest BCUT2D eigenvalue weighted by atomic mass is 10.0. The molecule has 1 aromatic carbocycles. The predicted molar refractivity (Wildman–Crippen MR) is 76.0 cm³/mol. The van der Waals surface area contributed by atoms with Gasteiger partial charge in [0.25, 0.3) is 0 Å². The maximum absolute atomic E-state index is 11.8. The minimum Gasteiger partial charge on any atom is -0.481 e.